The molecule has 1 aromatic carbocycles. The average molecular weight is 315 g/mol. The Bertz CT molecular complexity index is 631. The molecule has 1 atom stereocenters. The molecule has 0 saturated heterocycles. The summed E-state index contributed by atoms with van der Waals surface area (Å²) < 4.78 is 24.2. The number of nitrogens with two attached hydrogens (primary N) is 1. The molecule has 0 radical (unpaired) electrons. The predicted octanol–water partition coefficient (Wildman–Crippen LogP) is 0.943. The summed E-state index contributed by atoms with van der Waals surface area (Å²) in [5, 5.41) is 7.79. The number of benzene rings is 1. The Balaban J connectivity index is 2.26. The molecule has 0 bridgehead atoms. The van der Waals surface area contributed by atoms with Crippen molar-refractivity contribution >= 4 is 39.3 Å². The van der Waals surface area contributed by atoms with Crippen LogP contribution in [0.5, 0.6) is 0 Å². The van der Waals surface area contributed by atoms with Crippen LogP contribution in [0.3, 0.4) is 0 Å². The first-order valence-corrected chi connectivity index (χ1v) is 8.89. The monoisotopic (exact) mass is 315 g/mol. The molecule has 6 nitrogen and oxygen atoms in total. The summed E-state index contributed by atoms with van der Waals surface area (Å²) in [5.74, 6) is -0.113. The van der Waals surface area contributed by atoms with Crippen LogP contribution < -0.4 is 14.8 Å². The maximum atomic E-state index is 11.8. The Labute approximate surface area is 122 Å². The van der Waals surface area contributed by atoms with E-state index in [0.29, 0.717) is 24.3 Å². The molecule has 20 heavy (non-hydrogen) atoms. The highest BCUT2D eigenvalue weighted by Gasteiger charge is 2.27. The minimum absolute atomic E-state index is 0.113. The van der Waals surface area contributed by atoms with Gasteiger partial charge in [0.25, 0.3) is 10.2 Å². The lowest BCUT2D eigenvalue weighted by Crippen LogP contribution is -2.35. The first kappa shape index (κ1) is 15.1. The van der Waals surface area contributed by atoms with Crippen molar-refractivity contribution in [1.82, 2.24) is 0 Å². The number of amides is 1. The van der Waals surface area contributed by atoms with E-state index in [1.54, 1.807) is 12.1 Å². The minimum Gasteiger partial charge on any atom is -0.325 e. The molecule has 1 aliphatic heterocycles. The molecule has 1 unspecified atom stereocenters. The quantitative estimate of drug-likeness (QED) is 0.865. The topological polar surface area (TPSA) is 92.5 Å². The van der Waals surface area contributed by atoms with Gasteiger partial charge in [0.2, 0.25) is 5.91 Å². The van der Waals surface area contributed by atoms with Crippen LogP contribution in [-0.2, 0) is 21.4 Å². The SMILES string of the molecule is CSC(C)C(=O)Nc1ccc2c(c1)N(S(N)(=O)=O)CC2. The van der Waals surface area contributed by atoms with Crippen LogP contribution in [-0.4, -0.2) is 32.4 Å². The van der Waals surface area contributed by atoms with Crippen LogP contribution in [0.2, 0.25) is 0 Å². The van der Waals surface area contributed by atoms with Crippen LogP contribution in [0.15, 0.2) is 18.2 Å². The molecule has 0 aromatic heterocycles. The molecule has 2 rings (SSSR count). The lowest BCUT2D eigenvalue weighted by molar-refractivity contribution is -0.115. The number of nitrogens with one attached hydrogen (secondary N) is 1. The molecule has 0 fully saturated rings. The highest BCUT2D eigenvalue weighted by Crippen LogP contribution is 2.32. The number of hydrogen-bond acceptors (Lipinski definition) is 4. The molecule has 8 heteroatoms. The van der Waals surface area contributed by atoms with Gasteiger partial charge in [-0.25, -0.2) is 5.14 Å². The van der Waals surface area contributed by atoms with Gasteiger partial charge in [-0.1, -0.05) is 6.07 Å². The first-order chi connectivity index (χ1) is 9.32. The normalized spacial score (nSPS) is 15.8. The molecule has 110 valence electrons. The zero-order valence-corrected chi connectivity index (χ0v) is 12.9. The fraction of sp³-hybridized carbons (Fsp3) is 0.417. The fourth-order valence-corrected chi connectivity index (χ4v) is 3.11. The van der Waals surface area contributed by atoms with Crippen LogP contribution >= 0.6 is 11.8 Å². The average Bonchev–Trinajstić information content (AvgIpc) is 2.80. The van der Waals surface area contributed by atoms with Crippen LogP contribution in [0.25, 0.3) is 0 Å². The zero-order chi connectivity index (χ0) is 14.9. The Hall–Kier alpha value is -1.25. The molecular formula is C12H17N3O3S2. The lowest BCUT2D eigenvalue weighted by atomic mass is 10.1. The second-order valence-corrected chi connectivity index (χ2v) is 7.23. The molecular weight excluding hydrogens is 298 g/mol. The number of fused-ring (bicyclic) bond motifs is 1. The van der Waals surface area contributed by atoms with E-state index in [0.717, 1.165) is 9.87 Å². The van der Waals surface area contributed by atoms with E-state index in [2.05, 4.69) is 5.32 Å². The van der Waals surface area contributed by atoms with Crippen molar-refractivity contribution in [3.05, 3.63) is 23.8 Å². The Kier molecular flexibility index (Phi) is 4.26. The van der Waals surface area contributed by atoms with E-state index in [-0.39, 0.29) is 11.2 Å². The summed E-state index contributed by atoms with van der Waals surface area (Å²) >= 11 is 1.44. The van der Waals surface area contributed by atoms with Gasteiger partial charge >= 0.3 is 0 Å². The Morgan fingerprint density at radius 1 is 1.50 bits per heavy atom. The van der Waals surface area contributed by atoms with Crippen molar-refractivity contribution in [2.75, 3.05) is 22.4 Å². The summed E-state index contributed by atoms with van der Waals surface area (Å²) in [6, 6.07) is 5.24. The van der Waals surface area contributed by atoms with Crippen molar-refractivity contribution in [2.45, 2.75) is 18.6 Å². The molecule has 1 amide bonds. The third kappa shape index (κ3) is 3.08. The predicted molar refractivity (Wildman–Crippen MR) is 82.2 cm³/mol. The van der Waals surface area contributed by atoms with E-state index in [9.17, 15) is 13.2 Å². The molecule has 0 aliphatic carbocycles. The van der Waals surface area contributed by atoms with Crippen molar-refractivity contribution in [1.29, 1.82) is 0 Å². The van der Waals surface area contributed by atoms with Crippen LogP contribution in [0, 0.1) is 0 Å². The smallest absolute Gasteiger partial charge is 0.299 e. The summed E-state index contributed by atoms with van der Waals surface area (Å²) in [6.07, 6.45) is 2.48. The van der Waals surface area contributed by atoms with Crippen molar-refractivity contribution in [2.24, 2.45) is 5.14 Å². The highest BCUT2D eigenvalue weighted by atomic mass is 32.2. The molecule has 1 aromatic rings. The second kappa shape index (κ2) is 5.63. The summed E-state index contributed by atoms with van der Waals surface area (Å²) in [7, 11) is -3.77. The third-order valence-electron chi connectivity index (χ3n) is 3.24. The largest absolute Gasteiger partial charge is 0.325 e. The highest BCUT2D eigenvalue weighted by molar-refractivity contribution is 7.99. The van der Waals surface area contributed by atoms with Gasteiger partial charge in [0.15, 0.2) is 0 Å². The summed E-state index contributed by atoms with van der Waals surface area (Å²) in [4.78, 5) is 11.8. The van der Waals surface area contributed by atoms with Gasteiger partial charge in [0.1, 0.15) is 0 Å². The van der Waals surface area contributed by atoms with Crippen LogP contribution in [0.1, 0.15) is 12.5 Å². The minimum atomic E-state index is -3.77. The number of hydrogen-bond donors (Lipinski definition) is 2. The third-order valence-corrected chi connectivity index (χ3v) is 5.15. The van der Waals surface area contributed by atoms with Gasteiger partial charge in [0, 0.05) is 12.2 Å². The Morgan fingerprint density at radius 3 is 2.80 bits per heavy atom. The van der Waals surface area contributed by atoms with Gasteiger partial charge in [0.05, 0.1) is 10.9 Å². The molecule has 0 saturated carbocycles. The molecule has 1 aliphatic rings. The molecule has 0 spiro atoms. The molecule has 3 N–H and O–H groups in total. The summed E-state index contributed by atoms with van der Waals surface area (Å²) in [6.45, 7) is 2.15. The van der Waals surface area contributed by atoms with E-state index in [1.165, 1.54) is 11.8 Å². The zero-order valence-electron chi connectivity index (χ0n) is 11.3. The van der Waals surface area contributed by atoms with Gasteiger partial charge in [-0.05, 0) is 37.3 Å². The van der Waals surface area contributed by atoms with Crippen LogP contribution in [0.4, 0.5) is 11.4 Å². The number of carbonyl (C=O) groups is 1. The van der Waals surface area contributed by atoms with E-state index < -0.39 is 10.2 Å². The summed E-state index contributed by atoms with van der Waals surface area (Å²) in [5.41, 5.74) is 2.03. The van der Waals surface area contributed by atoms with Crippen molar-refractivity contribution in [3.63, 3.8) is 0 Å². The van der Waals surface area contributed by atoms with E-state index in [1.807, 2.05) is 19.2 Å². The van der Waals surface area contributed by atoms with E-state index in [4.69, 9.17) is 5.14 Å². The standard InChI is InChI=1S/C12H17N3O3S2/c1-8(19-2)12(16)14-10-4-3-9-5-6-15(11(9)7-10)20(13,17)18/h3-4,7-8H,5-6H2,1-2H3,(H,14,16)(H2,13,17,18). The maximum Gasteiger partial charge on any atom is 0.299 e. The first-order valence-electron chi connectivity index (χ1n) is 6.10. The Morgan fingerprint density at radius 2 is 2.20 bits per heavy atom. The number of nitrogens with zero attached hydrogens (tertiary/aromatic N) is 1. The van der Waals surface area contributed by atoms with Crippen molar-refractivity contribution < 1.29 is 13.2 Å². The van der Waals surface area contributed by atoms with Gasteiger partial charge in [-0.2, -0.15) is 20.2 Å². The van der Waals surface area contributed by atoms with Gasteiger partial charge in [-0.3, -0.25) is 9.10 Å². The number of thioether (sulfide) groups is 1. The van der Waals surface area contributed by atoms with Crippen molar-refractivity contribution in [3.8, 4) is 0 Å². The number of anilines is 2. The maximum absolute atomic E-state index is 11.8. The van der Waals surface area contributed by atoms with Gasteiger partial charge in [-0.15, -0.1) is 0 Å². The van der Waals surface area contributed by atoms with Gasteiger partial charge < -0.3 is 5.32 Å². The molecule has 1 heterocycles. The van der Waals surface area contributed by atoms with E-state index >= 15 is 0 Å². The lowest BCUT2D eigenvalue weighted by Gasteiger charge is -2.17. The fourth-order valence-electron chi connectivity index (χ4n) is 2.04. The second-order valence-electron chi connectivity index (χ2n) is 4.58. The number of carbonyl (C=O) groups excluding carboxylic acids is 1. The number of rotatable bonds is 4.